The van der Waals surface area contributed by atoms with Gasteiger partial charge in [-0.1, -0.05) is 24.8 Å². The van der Waals surface area contributed by atoms with Gasteiger partial charge in [0.2, 0.25) is 9.84 Å². The van der Waals surface area contributed by atoms with Crippen molar-refractivity contribution in [2.24, 2.45) is 0 Å². The van der Waals surface area contributed by atoms with Crippen LogP contribution in [-0.4, -0.2) is 33.1 Å². The number of sulfone groups is 1. The maximum absolute atomic E-state index is 12.4. The minimum absolute atomic E-state index is 0.0189. The molecule has 0 aliphatic rings. The Hall–Kier alpha value is -2.15. The van der Waals surface area contributed by atoms with Crippen molar-refractivity contribution >= 4 is 22.3 Å². The highest BCUT2D eigenvalue weighted by Crippen LogP contribution is 2.24. The number of hydrogen-bond acceptors (Lipinski definition) is 6. The van der Waals surface area contributed by atoms with Gasteiger partial charge in [0.05, 0.1) is 9.80 Å². The SMILES string of the molecule is C=C([C@@H](OC(C)=O)[C@H](C)OC=O)S(=O)(=O)c1ccccc1. The molecular weight excluding hydrogens is 296 g/mol. The second-order valence-corrected chi connectivity index (χ2v) is 6.25. The Morgan fingerprint density at radius 2 is 1.86 bits per heavy atom. The van der Waals surface area contributed by atoms with Gasteiger partial charge in [-0.3, -0.25) is 9.59 Å². The van der Waals surface area contributed by atoms with E-state index < -0.39 is 28.0 Å². The highest BCUT2D eigenvalue weighted by molar-refractivity contribution is 7.95. The highest BCUT2D eigenvalue weighted by atomic mass is 32.2. The number of carbonyl (C=O) groups excluding carboxylic acids is 2. The molecule has 0 amide bonds. The molecule has 6 nitrogen and oxygen atoms in total. The standard InChI is InChI=1S/C14H16O6S/c1-10(19-9-15)14(20-12(3)16)11(2)21(17,18)13-7-5-4-6-8-13/h4-10,14H,2H2,1,3H3/t10-,14-/m0/s1. The zero-order chi connectivity index (χ0) is 16.0. The highest BCUT2D eigenvalue weighted by Gasteiger charge is 2.33. The molecule has 114 valence electrons. The fourth-order valence-corrected chi connectivity index (χ4v) is 3.03. The average Bonchev–Trinajstić information content (AvgIpc) is 2.45. The lowest BCUT2D eigenvalue weighted by Gasteiger charge is -2.24. The van der Waals surface area contributed by atoms with E-state index in [2.05, 4.69) is 11.3 Å². The molecule has 0 N–H and O–H groups in total. The lowest BCUT2D eigenvalue weighted by Crippen LogP contribution is -2.34. The molecule has 7 heteroatoms. The van der Waals surface area contributed by atoms with Crippen LogP contribution in [0.25, 0.3) is 0 Å². The first kappa shape index (κ1) is 16.9. The molecule has 0 fully saturated rings. The van der Waals surface area contributed by atoms with Gasteiger partial charge in [0.15, 0.2) is 6.10 Å². The first-order valence-corrected chi connectivity index (χ1v) is 7.54. The fraction of sp³-hybridized carbons (Fsp3) is 0.286. The summed E-state index contributed by atoms with van der Waals surface area (Å²) in [7, 11) is -3.91. The van der Waals surface area contributed by atoms with E-state index in [1.165, 1.54) is 19.1 Å². The van der Waals surface area contributed by atoms with Crippen LogP contribution in [0.2, 0.25) is 0 Å². The maximum Gasteiger partial charge on any atom is 0.303 e. The Balaban J connectivity index is 3.15. The molecule has 2 atom stereocenters. The Morgan fingerprint density at radius 1 is 1.29 bits per heavy atom. The molecular formula is C14H16O6S. The summed E-state index contributed by atoms with van der Waals surface area (Å²) in [6.45, 7) is 6.19. The van der Waals surface area contributed by atoms with Crippen LogP contribution in [0.4, 0.5) is 0 Å². The number of benzene rings is 1. The van der Waals surface area contributed by atoms with Gasteiger partial charge in [-0.2, -0.15) is 0 Å². The molecule has 0 saturated heterocycles. The topological polar surface area (TPSA) is 86.7 Å². The van der Waals surface area contributed by atoms with E-state index in [1.54, 1.807) is 18.2 Å². The van der Waals surface area contributed by atoms with Crippen LogP contribution >= 0.6 is 0 Å². The van der Waals surface area contributed by atoms with Crippen LogP contribution in [0.3, 0.4) is 0 Å². The molecule has 1 rings (SSSR count). The second-order valence-electron chi connectivity index (χ2n) is 4.25. The quantitative estimate of drug-likeness (QED) is 0.559. The van der Waals surface area contributed by atoms with Crippen molar-refractivity contribution in [1.29, 1.82) is 0 Å². The van der Waals surface area contributed by atoms with Gasteiger partial charge in [-0.15, -0.1) is 0 Å². The van der Waals surface area contributed by atoms with Gasteiger partial charge in [-0.05, 0) is 19.1 Å². The van der Waals surface area contributed by atoms with Crippen LogP contribution in [0.5, 0.6) is 0 Å². The summed E-state index contributed by atoms with van der Waals surface area (Å²) in [4.78, 5) is 21.2. The van der Waals surface area contributed by atoms with Crippen molar-refractivity contribution < 1.29 is 27.5 Å². The minimum Gasteiger partial charge on any atom is -0.461 e. The van der Waals surface area contributed by atoms with Crippen molar-refractivity contribution in [2.75, 3.05) is 0 Å². The van der Waals surface area contributed by atoms with Gasteiger partial charge in [-0.25, -0.2) is 8.42 Å². The number of carbonyl (C=O) groups is 2. The number of rotatable bonds is 7. The van der Waals surface area contributed by atoms with E-state index in [0.717, 1.165) is 6.92 Å². The molecule has 1 aromatic carbocycles. The molecule has 0 spiro atoms. The summed E-state index contributed by atoms with van der Waals surface area (Å²) in [5, 5.41) is 0. The zero-order valence-corrected chi connectivity index (χ0v) is 12.5. The third kappa shape index (κ3) is 4.16. The van der Waals surface area contributed by atoms with E-state index in [0.29, 0.717) is 0 Å². The lowest BCUT2D eigenvalue weighted by atomic mass is 10.2. The number of esters is 1. The van der Waals surface area contributed by atoms with Crippen molar-refractivity contribution in [2.45, 2.75) is 31.0 Å². The van der Waals surface area contributed by atoms with Gasteiger partial charge in [0.25, 0.3) is 6.47 Å². The molecule has 0 aliphatic carbocycles. The first-order valence-electron chi connectivity index (χ1n) is 6.06. The van der Waals surface area contributed by atoms with Crippen LogP contribution in [0, 0.1) is 0 Å². The predicted molar refractivity (Wildman–Crippen MR) is 74.9 cm³/mol. The molecule has 21 heavy (non-hydrogen) atoms. The molecule has 1 aromatic rings. The third-order valence-electron chi connectivity index (χ3n) is 2.71. The molecule has 0 radical (unpaired) electrons. The Kier molecular flexibility index (Phi) is 5.66. The second kappa shape index (κ2) is 7.03. The summed E-state index contributed by atoms with van der Waals surface area (Å²) in [6.07, 6.45) is -2.25. The molecule has 0 heterocycles. The van der Waals surface area contributed by atoms with E-state index in [4.69, 9.17) is 4.74 Å². The van der Waals surface area contributed by atoms with Gasteiger partial charge in [0.1, 0.15) is 6.10 Å². The maximum atomic E-state index is 12.4. The predicted octanol–water partition coefficient (Wildman–Crippen LogP) is 1.47. The van der Waals surface area contributed by atoms with Crippen LogP contribution < -0.4 is 0 Å². The first-order chi connectivity index (χ1) is 9.80. The summed E-state index contributed by atoms with van der Waals surface area (Å²) in [6, 6.07) is 7.59. The summed E-state index contributed by atoms with van der Waals surface area (Å²) < 4.78 is 34.5. The molecule has 0 aliphatic heterocycles. The fourth-order valence-electron chi connectivity index (χ4n) is 1.67. The third-order valence-corrected chi connectivity index (χ3v) is 4.52. The Morgan fingerprint density at radius 3 is 2.33 bits per heavy atom. The van der Waals surface area contributed by atoms with Crippen LogP contribution in [0.15, 0.2) is 46.7 Å². The average molecular weight is 312 g/mol. The largest absolute Gasteiger partial charge is 0.461 e. The number of hydrogen-bond donors (Lipinski definition) is 0. The van der Waals surface area contributed by atoms with E-state index in [9.17, 15) is 18.0 Å². The summed E-state index contributed by atoms with van der Waals surface area (Å²) >= 11 is 0. The van der Waals surface area contributed by atoms with Crippen molar-refractivity contribution in [1.82, 2.24) is 0 Å². The molecule has 0 bridgehead atoms. The normalized spacial score (nSPS) is 13.8. The van der Waals surface area contributed by atoms with Crippen molar-refractivity contribution in [3.63, 3.8) is 0 Å². The van der Waals surface area contributed by atoms with E-state index >= 15 is 0 Å². The molecule has 0 unspecified atom stereocenters. The molecule has 0 aromatic heterocycles. The van der Waals surface area contributed by atoms with E-state index in [1.807, 2.05) is 0 Å². The van der Waals surface area contributed by atoms with Gasteiger partial charge in [0, 0.05) is 6.92 Å². The monoisotopic (exact) mass is 312 g/mol. The van der Waals surface area contributed by atoms with Gasteiger partial charge >= 0.3 is 5.97 Å². The van der Waals surface area contributed by atoms with Gasteiger partial charge < -0.3 is 9.47 Å². The van der Waals surface area contributed by atoms with Crippen molar-refractivity contribution in [3.05, 3.63) is 41.8 Å². The summed E-state index contributed by atoms with van der Waals surface area (Å²) in [5.74, 6) is -0.703. The van der Waals surface area contributed by atoms with Crippen LogP contribution in [0.1, 0.15) is 13.8 Å². The number of ether oxygens (including phenoxy) is 2. The van der Waals surface area contributed by atoms with Crippen LogP contribution in [-0.2, 0) is 28.9 Å². The lowest BCUT2D eigenvalue weighted by molar-refractivity contribution is -0.154. The Bertz CT molecular complexity index is 620. The van der Waals surface area contributed by atoms with E-state index in [-0.39, 0.29) is 16.3 Å². The zero-order valence-electron chi connectivity index (χ0n) is 11.7. The van der Waals surface area contributed by atoms with Crippen molar-refractivity contribution in [3.8, 4) is 0 Å². The Labute approximate surface area is 123 Å². The minimum atomic E-state index is -3.91. The smallest absolute Gasteiger partial charge is 0.303 e. The molecule has 0 saturated carbocycles. The summed E-state index contributed by atoms with van der Waals surface area (Å²) in [5.41, 5.74) is 0.